The topological polar surface area (TPSA) is 77.8 Å². The summed E-state index contributed by atoms with van der Waals surface area (Å²) in [5, 5.41) is 17.6. The smallest absolute Gasteiger partial charge is 0.307 e. The third-order valence-corrected chi connectivity index (χ3v) is 3.06. The SMILES string of the molecule is CC(C(=O)O)C(C)C(=O)N1CC(CO)C1. The number of aliphatic hydroxyl groups excluding tert-OH is 1. The third kappa shape index (κ3) is 2.47. The van der Waals surface area contributed by atoms with Gasteiger partial charge in [0.1, 0.15) is 0 Å². The monoisotopic (exact) mass is 215 g/mol. The van der Waals surface area contributed by atoms with Gasteiger partial charge in [0.15, 0.2) is 0 Å². The number of likely N-dealkylation sites (tertiary alicyclic amines) is 1. The molecule has 0 aromatic carbocycles. The molecule has 1 rings (SSSR count). The predicted octanol–water partition coefficient (Wildman–Crippen LogP) is -0.206. The maximum absolute atomic E-state index is 11.7. The second-order valence-electron chi connectivity index (χ2n) is 4.21. The number of carboxylic acid groups (broad SMARTS) is 1. The molecule has 1 amide bonds. The van der Waals surface area contributed by atoms with Crippen molar-refractivity contribution < 1.29 is 19.8 Å². The van der Waals surface area contributed by atoms with Crippen LogP contribution in [-0.4, -0.2) is 46.7 Å². The van der Waals surface area contributed by atoms with Gasteiger partial charge in [-0.05, 0) is 0 Å². The number of nitrogens with zero attached hydrogens (tertiary/aromatic N) is 1. The average Bonchev–Trinajstić information content (AvgIpc) is 2.13. The fourth-order valence-electron chi connectivity index (χ4n) is 1.58. The molecule has 1 aliphatic heterocycles. The Labute approximate surface area is 88.7 Å². The molecule has 1 saturated heterocycles. The van der Waals surface area contributed by atoms with Crippen LogP contribution in [0.25, 0.3) is 0 Å². The molecule has 2 atom stereocenters. The summed E-state index contributed by atoms with van der Waals surface area (Å²) in [7, 11) is 0. The first-order valence-corrected chi connectivity index (χ1v) is 5.09. The fourth-order valence-corrected chi connectivity index (χ4v) is 1.58. The first kappa shape index (κ1) is 12.0. The van der Waals surface area contributed by atoms with Crippen LogP contribution in [-0.2, 0) is 9.59 Å². The van der Waals surface area contributed by atoms with E-state index in [0.717, 1.165) is 0 Å². The molecular weight excluding hydrogens is 198 g/mol. The minimum absolute atomic E-state index is 0.0899. The van der Waals surface area contributed by atoms with Crippen molar-refractivity contribution in [2.24, 2.45) is 17.8 Å². The van der Waals surface area contributed by atoms with Crippen LogP contribution in [0.1, 0.15) is 13.8 Å². The van der Waals surface area contributed by atoms with Crippen LogP contribution >= 0.6 is 0 Å². The number of aliphatic carboxylic acids is 1. The van der Waals surface area contributed by atoms with Gasteiger partial charge >= 0.3 is 5.97 Å². The highest BCUT2D eigenvalue weighted by atomic mass is 16.4. The molecule has 0 aromatic heterocycles. The summed E-state index contributed by atoms with van der Waals surface area (Å²) in [6.45, 7) is 4.35. The molecule has 2 unspecified atom stereocenters. The molecule has 0 radical (unpaired) electrons. The van der Waals surface area contributed by atoms with Crippen molar-refractivity contribution in [1.82, 2.24) is 4.90 Å². The van der Waals surface area contributed by atoms with E-state index in [1.165, 1.54) is 6.92 Å². The number of aliphatic hydroxyl groups is 1. The van der Waals surface area contributed by atoms with Crippen LogP contribution in [0.5, 0.6) is 0 Å². The van der Waals surface area contributed by atoms with Gasteiger partial charge in [0, 0.05) is 31.5 Å². The fraction of sp³-hybridized carbons (Fsp3) is 0.800. The Morgan fingerprint density at radius 1 is 1.33 bits per heavy atom. The summed E-state index contributed by atoms with van der Waals surface area (Å²) < 4.78 is 0. The van der Waals surface area contributed by atoms with E-state index in [9.17, 15) is 9.59 Å². The molecule has 86 valence electrons. The summed E-state index contributed by atoms with van der Waals surface area (Å²) in [5.41, 5.74) is 0. The quantitative estimate of drug-likeness (QED) is 0.680. The zero-order valence-electron chi connectivity index (χ0n) is 9.01. The Morgan fingerprint density at radius 2 is 1.87 bits per heavy atom. The molecule has 5 nitrogen and oxygen atoms in total. The van der Waals surface area contributed by atoms with E-state index in [0.29, 0.717) is 13.1 Å². The summed E-state index contributed by atoms with van der Waals surface area (Å²) >= 11 is 0. The number of hydrogen-bond acceptors (Lipinski definition) is 3. The van der Waals surface area contributed by atoms with Crippen molar-refractivity contribution in [3.05, 3.63) is 0 Å². The number of carboxylic acids is 1. The standard InChI is InChI=1S/C10H17NO4/c1-6(7(2)10(14)15)9(13)11-3-8(4-11)5-12/h6-8,12H,3-5H2,1-2H3,(H,14,15). The molecule has 0 saturated carbocycles. The highest BCUT2D eigenvalue weighted by molar-refractivity contribution is 5.84. The lowest BCUT2D eigenvalue weighted by atomic mass is 9.91. The van der Waals surface area contributed by atoms with Crippen molar-refractivity contribution in [2.75, 3.05) is 19.7 Å². The zero-order valence-corrected chi connectivity index (χ0v) is 9.01. The molecule has 5 heteroatoms. The van der Waals surface area contributed by atoms with E-state index in [4.69, 9.17) is 10.2 Å². The number of carbonyl (C=O) groups excluding carboxylic acids is 1. The maximum Gasteiger partial charge on any atom is 0.307 e. The first-order chi connectivity index (χ1) is 6.97. The third-order valence-electron chi connectivity index (χ3n) is 3.06. The maximum atomic E-state index is 11.7. The lowest BCUT2D eigenvalue weighted by molar-refractivity contribution is -0.152. The van der Waals surface area contributed by atoms with Gasteiger partial charge < -0.3 is 15.1 Å². The first-order valence-electron chi connectivity index (χ1n) is 5.09. The van der Waals surface area contributed by atoms with Gasteiger partial charge in [0.05, 0.1) is 5.92 Å². The molecule has 0 aliphatic carbocycles. The minimum atomic E-state index is -0.949. The van der Waals surface area contributed by atoms with Gasteiger partial charge in [-0.1, -0.05) is 13.8 Å². The minimum Gasteiger partial charge on any atom is -0.481 e. The van der Waals surface area contributed by atoms with Gasteiger partial charge in [-0.3, -0.25) is 9.59 Å². The Morgan fingerprint density at radius 3 is 2.27 bits per heavy atom. The van der Waals surface area contributed by atoms with Crippen LogP contribution in [0.4, 0.5) is 0 Å². The Kier molecular flexibility index (Phi) is 3.68. The van der Waals surface area contributed by atoms with E-state index in [2.05, 4.69) is 0 Å². The van der Waals surface area contributed by atoms with Crippen molar-refractivity contribution in [3.8, 4) is 0 Å². The summed E-state index contributed by atoms with van der Waals surface area (Å²) in [5.74, 6) is -2.07. The normalized spacial score (nSPS) is 20.6. The second kappa shape index (κ2) is 4.61. The van der Waals surface area contributed by atoms with E-state index < -0.39 is 17.8 Å². The van der Waals surface area contributed by atoms with E-state index in [1.54, 1.807) is 11.8 Å². The van der Waals surface area contributed by atoms with Gasteiger partial charge in [0.2, 0.25) is 5.91 Å². The summed E-state index contributed by atoms with van der Waals surface area (Å²) in [6, 6.07) is 0. The highest BCUT2D eigenvalue weighted by Crippen LogP contribution is 2.21. The number of amides is 1. The van der Waals surface area contributed by atoms with Gasteiger partial charge in [-0.25, -0.2) is 0 Å². The van der Waals surface area contributed by atoms with Crippen LogP contribution in [0.15, 0.2) is 0 Å². The van der Waals surface area contributed by atoms with Crippen molar-refractivity contribution >= 4 is 11.9 Å². The van der Waals surface area contributed by atoms with Crippen LogP contribution in [0, 0.1) is 17.8 Å². The molecule has 0 aromatic rings. The summed E-state index contributed by atoms with van der Waals surface area (Å²) in [4.78, 5) is 24.0. The molecule has 1 aliphatic rings. The highest BCUT2D eigenvalue weighted by Gasteiger charge is 2.35. The molecule has 0 bridgehead atoms. The number of carbonyl (C=O) groups is 2. The average molecular weight is 215 g/mol. The Bertz CT molecular complexity index is 260. The predicted molar refractivity (Wildman–Crippen MR) is 53.1 cm³/mol. The van der Waals surface area contributed by atoms with E-state index in [-0.39, 0.29) is 18.4 Å². The zero-order chi connectivity index (χ0) is 11.6. The van der Waals surface area contributed by atoms with Crippen LogP contribution in [0.3, 0.4) is 0 Å². The molecule has 2 N–H and O–H groups in total. The van der Waals surface area contributed by atoms with E-state index >= 15 is 0 Å². The second-order valence-corrected chi connectivity index (χ2v) is 4.21. The molecular formula is C10H17NO4. The van der Waals surface area contributed by atoms with Gasteiger partial charge in [0.25, 0.3) is 0 Å². The number of hydrogen-bond donors (Lipinski definition) is 2. The van der Waals surface area contributed by atoms with E-state index in [1.807, 2.05) is 0 Å². The van der Waals surface area contributed by atoms with Crippen LogP contribution < -0.4 is 0 Å². The summed E-state index contributed by atoms with van der Waals surface area (Å²) in [6.07, 6.45) is 0. The van der Waals surface area contributed by atoms with Crippen molar-refractivity contribution in [3.63, 3.8) is 0 Å². The van der Waals surface area contributed by atoms with Crippen molar-refractivity contribution in [1.29, 1.82) is 0 Å². The molecule has 0 spiro atoms. The Balaban J connectivity index is 2.44. The molecule has 15 heavy (non-hydrogen) atoms. The van der Waals surface area contributed by atoms with Gasteiger partial charge in [-0.15, -0.1) is 0 Å². The lowest BCUT2D eigenvalue weighted by Crippen LogP contribution is -2.53. The van der Waals surface area contributed by atoms with Crippen LogP contribution in [0.2, 0.25) is 0 Å². The molecule has 1 fully saturated rings. The largest absolute Gasteiger partial charge is 0.481 e. The van der Waals surface area contributed by atoms with Gasteiger partial charge in [-0.2, -0.15) is 0 Å². The van der Waals surface area contributed by atoms with Crippen molar-refractivity contribution in [2.45, 2.75) is 13.8 Å². The lowest BCUT2D eigenvalue weighted by Gasteiger charge is -2.40. The number of rotatable bonds is 4. The molecule has 1 heterocycles. The Hall–Kier alpha value is -1.10.